The number of hydrogen-bond donors (Lipinski definition) is 3. The maximum absolute atomic E-state index is 12.7. The summed E-state index contributed by atoms with van der Waals surface area (Å²) in [6.07, 6.45) is 12.8. The van der Waals surface area contributed by atoms with Gasteiger partial charge in [-0.05, 0) is 56.0 Å². The van der Waals surface area contributed by atoms with Crippen molar-refractivity contribution in [2.24, 2.45) is 0 Å². The van der Waals surface area contributed by atoms with Crippen molar-refractivity contribution >= 4 is 22.8 Å². The number of amides is 2. The largest absolute Gasteiger partial charge is 0.349 e. The fraction of sp³-hybridized carbons (Fsp3) is 0.464. The van der Waals surface area contributed by atoms with Gasteiger partial charge < -0.3 is 15.6 Å². The third kappa shape index (κ3) is 5.32. The SMILES string of the molecule is O=C(NC1CCCCCC1)c1ccc(-c2nc3cc(C(=O)NC4CCCCC4)ccc3[nH]2)cc1. The van der Waals surface area contributed by atoms with Crippen molar-refractivity contribution in [3.63, 3.8) is 0 Å². The van der Waals surface area contributed by atoms with E-state index in [9.17, 15) is 9.59 Å². The van der Waals surface area contributed by atoms with Crippen LogP contribution in [0.5, 0.6) is 0 Å². The van der Waals surface area contributed by atoms with Gasteiger partial charge in [0.1, 0.15) is 5.82 Å². The second-order valence-corrected chi connectivity index (χ2v) is 9.87. The van der Waals surface area contributed by atoms with Crippen LogP contribution >= 0.6 is 0 Å². The van der Waals surface area contributed by atoms with Gasteiger partial charge in [-0.15, -0.1) is 0 Å². The second kappa shape index (κ2) is 10.4. The third-order valence-corrected chi connectivity index (χ3v) is 7.30. The summed E-state index contributed by atoms with van der Waals surface area (Å²) in [6, 6.07) is 13.8. The van der Waals surface area contributed by atoms with Gasteiger partial charge in [-0.1, -0.05) is 57.1 Å². The fourth-order valence-electron chi connectivity index (χ4n) is 5.27. The minimum absolute atomic E-state index is 0.00308. The first-order valence-corrected chi connectivity index (χ1v) is 12.9. The van der Waals surface area contributed by atoms with Crippen LogP contribution in [0.4, 0.5) is 0 Å². The van der Waals surface area contributed by atoms with E-state index >= 15 is 0 Å². The molecule has 34 heavy (non-hydrogen) atoms. The number of carbonyl (C=O) groups is 2. The quantitative estimate of drug-likeness (QED) is 0.426. The van der Waals surface area contributed by atoms with E-state index in [1.807, 2.05) is 42.5 Å². The molecule has 5 rings (SSSR count). The lowest BCUT2D eigenvalue weighted by atomic mass is 9.95. The Bertz CT molecular complexity index is 1140. The van der Waals surface area contributed by atoms with E-state index in [0.29, 0.717) is 11.1 Å². The Labute approximate surface area is 200 Å². The minimum atomic E-state index is -0.0256. The summed E-state index contributed by atoms with van der Waals surface area (Å²) in [4.78, 5) is 33.4. The van der Waals surface area contributed by atoms with E-state index < -0.39 is 0 Å². The number of H-pyrrole nitrogens is 1. The fourth-order valence-corrected chi connectivity index (χ4v) is 5.27. The van der Waals surface area contributed by atoms with E-state index in [0.717, 1.165) is 48.1 Å². The number of fused-ring (bicyclic) bond motifs is 1. The summed E-state index contributed by atoms with van der Waals surface area (Å²) in [5, 5.41) is 6.37. The lowest BCUT2D eigenvalue weighted by Gasteiger charge is -2.22. The molecule has 0 bridgehead atoms. The molecule has 1 heterocycles. The highest BCUT2D eigenvalue weighted by Gasteiger charge is 2.18. The van der Waals surface area contributed by atoms with E-state index in [2.05, 4.69) is 15.6 Å². The molecule has 2 fully saturated rings. The molecule has 0 saturated heterocycles. The molecule has 3 aromatic rings. The zero-order valence-corrected chi connectivity index (χ0v) is 19.7. The summed E-state index contributed by atoms with van der Waals surface area (Å²) in [6.45, 7) is 0. The van der Waals surface area contributed by atoms with Gasteiger partial charge in [0.15, 0.2) is 0 Å². The summed E-state index contributed by atoms with van der Waals surface area (Å²) in [5.74, 6) is 0.703. The lowest BCUT2D eigenvalue weighted by molar-refractivity contribution is 0.0921. The van der Waals surface area contributed by atoms with Gasteiger partial charge in [-0.3, -0.25) is 9.59 Å². The molecule has 0 radical (unpaired) electrons. The molecule has 2 amide bonds. The van der Waals surface area contributed by atoms with Crippen LogP contribution in [0, 0.1) is 0 Å². The zero-order chi connectivity index (χ0) is 23.3. The second-order valence-electron chi connectivity index (χ2n) is 9.87. The molecule has 2 aromatic carbocycles. The van der Waals surface area contributed by atoms with Crippen LogP contribution < -0.4 is 10.6 Å². The average molecular weight is 459 g/mol. The van der Waals surface area contributed by atoms with Crippen LogP contribution in [0.15, 0.2) is 42.5 Å². The maximum atomic E-state index is 12.7. The third-order valence-electron chi connectivity index (χ3n) is 7.30. The molecule has 6 heteroatoms. The average Bonchev–Trinajstić information content (AvgIpc) is 3.13. The van der Waals surface area contributed by atoms with E-state index in [4.69, 9.17) is 4.98 Å². The summed E-state index contributed by atoms with van der Waals surface area (Å²) in [5.41, 5.74) is 3.88. The number of aromatic amines is 1. The van der Waals surface area contributed by atoms with Crippen LogP contribution in [0.25, 0.3) is 22.4 Å². The van der Waals surface area contributed by atoms with Crippen LogP contribution in [0.2, 0.25) is 0 Å². The van der Waals surface area contributed by atoms with Gasteiger partial charge in [0.2, 0.25) is 0 Å². The highest BCUT2D eigenvalue weighted by atomic mass is 16.2. The standard InChI is InChI=1S/C28H34N4O2/c33-27(29-22-8-4-1-2-5-9-22)20-14-12-19(13-15-20)26-31-24-17-16-21(18-25(24)32-26)28(34)30-23-10-6-3-7-11-23/h12-18,22-23H,1-11H2,(H,29,33)(H,30,34)(H,31,32). The first-order valence-electron chi connectivity index (χ1n) is 12.9. The van der Waals surface area contributed by atoms with Crippen LogP contribution in [-0.2, 0) is 0 Å². The molecule has 2 aliphatic rings. The predicted octanol–water partition coefficient (Wildman–Crippen LogP) is 5.75. The molecule has 2 saturated carbocycles. The lowest BCUT2D eigenvalue weighted by Crippen LogP contribution is -2.36. The van der Waals surface area contributed by atoms with Crippen LogP contribution in [0.3, 0.4) is 0 Å². The Morgan fingerprint density at radius 3 is 1.85 bits per heavy atom. The monoisotopic (exact) mass is 458 g/mol. The number of hydrogen-bond acceptors (Lipinski definition) is 3. The van der Waals surface area contributed by atoms with Crippen molar-refractivity contribution in [3.05, 3.63) is 53.6 Å². The smallest absolute Gasteiger partial charge is 0.251 e. The summed E-state index contributed by atoms with van der Waals surface area (Å²) >= 11 is 0. The predicted molar refractivity (Wildman–Crippen MR) is 135 cm³/mol. The van der Waals surface area contributed by atoms with E-state index in [1.54, 1.807) is 0 Å². The number of imidazole rings is 1. The number of aromatic nitrogens is 2. The van der Waals surface area contributed by atoms with Gasteiger partial charge >= 0.3 is 0 Å². The first kappa shape index (κ1) is 22.6. The van der Waals surface area contributed by atoms with Crippen LogP contribution in [-0.4, -0.2) is 33.9 Å². The van der Waals surface area contributed by atoms with Crippen molar-refractivity contribution in [2.45, 2.75) is 82.7 Å². The van der Waals surface area contributed by atoms with Crippen LogP contribution in [0.1, 0.15) is 91.3 Å². The van der Waals surface area contributed by atoms with E-state index in [1.165, 1.54) is 44.9 Å². The molecule has 2 aliphatic carbocycles. The molecule has 0 unspecified atom stereocenters. The van der Waals surface area contributed by atoms with Gasteiger partial charge in [-0.2, -0.15) is 0 Å². The van der Waals surface area contributed by atoms with Gasteiger partial charge in [-0.25, -0.2) is 4.98 Å². The van der Waals surface area contributed by atoms with Crippen molar-refractivity contribution in [1.29, 1.82) is 0 Å². The Balaban J connectivity index is 1.26. The Hall–Kier alpha value is -3.15. The molecule has 3 N–H and O–H groups in total. The number of rotatable bonds is 5. The highest BCUT2D eigenvalue weighted by molar-refractivity contribution is 5.98. The molecule has 0 atom stereocenters. The molecule has 6 nitrogen and oxygen atoms in total. The molecular formula is C28H34N4O2. The highest BCUT2D eigenvalue weighted by Crippen LogP contribution is 2.23. The molecule has 0 aliphatic heterocycles. The number of benzene rings is 2. The normalized spacial score (nSPS) is 17.9. The molecular weight excluding hydrogens is 424 g/mol. The van der Waals surface area contributed by atoms with Gasteiger partial charge in [0, 0.05) is 28.8 Å². The maximum Gasteiger partial charge on any atom is 0.251 e. The Kier molecular flexibility index (Phi) is 6.93. The topological polar surface area (TPSA) is 86.9 Å². The van der Waals surface area contributed by atoms with Crippen molar-refractivity contribution in [3.8, 4) is 11.4 Å². The summed E-state index contributed by atoms with van der Waals surface area (Å²) < 4.78 is 0. The molecule has 0 spiro atoms. The Morgan fingerprint density at radius 2 is 1.24 bits per heavy atom. The molecule has 1 aromatic heterocycles. The number of nitrogens with zero attached hydrogens (tertiary/aromatic N) is 1. The van der Waals surface area contributed by atoms with Crippen molar-refractivity contribution < 1.29 is 9.59 Å². The van der Waals surface area contributed by atoms with Crippen molar-refractivity contribution in [1.82, 2.24) is 20.6 Å². The van der Waals surface area contributed by atoms with Crippen molar-refractivity contribution in [2.75, 3.05) is 0 Å². The number of nitrogens with one attached hydrogen (secondary N) is 3. The summed E-state index contributed by atoms with van der Waals surface area (Å²) in [7, 11) is 0. The first-order chi connectivity index (χ1) is 16.7. The van der Waals surface area contributed by atoms with Gasteiger partial charge in [0.25, 0.3) is 11.8 Å². The van der Waals surface area contributed by atoms with Gasteiger partial charge in [0.05, 0.1) is 11.0 Å². The minimum Gasteiger partial charge on any atom is -0.349 e. The van der Waals surface area contributed by atoms with E-state index in [-0.39, 0.29) is 23.9 Å². The number of carbonyl (C=O) groups excluding carboxylic acids is 2. The zero-order valence-electron chi connectivity index (χ0n) is 19.7. The molecule has 178 valence electrons. The Morgan fingerprint density at radius 1 is 0.706 bits per heavy atom.